The van der Waals surface area contributed by atoms with Crippen LogP contribution in [-0.4, -0.2) is 43.7 Å². The lowest BCUT2D eigenvalue weighted by atomic mass is 10.1. The molecular weight excluding hydrogens is 238 g/mol. The van der Waals surface area contributed by atoms with Crippen LogP contribution in [0.4, 0.5) is 5.69 Å². The zero-order valence-corrected chi connectivity index (χ0v) is 10.6. The van der Waals surface area contributed by atoms with E-state index in [1.807, 2.05) is 42.2 Å². The SMILES string of the molecule is CCN(c1ccccc1)C1CS(=O)(=O)CC1O. The number of anilines is 1. The van der Waals surface area contributed by atoms with E-state index in [-0.39, 0.29) is 17.5 Å². The highest BCUT2D eigenvalue weighted by Crippen LogP contribution is 2.24. The second-order valence-electron chi connectivity index (χ2n) is 4.33. The highest BCUT2D eigenvalue weighted by molar-refractivity contribution is 7.91. The van der Waals surface area contributed by atoms with Gasteiger partial charge in [0, 0.05) is 12.2 Å². The molecule has 1 fully saturated rings. The Bertz CT molecular complexity index is 472. The fraction of sp³-hybridized carbons (Fsp3) is 0.500. The van der Waals surface area contributed by atoms with E-state index in [0.717, 1.165) is 5.69 Å². The van der Waals surface area contributed by atoms with E-state index in [1.54, 1.807) is 0 Å². The molecule has 1 aliphatic rings. The minimum absolute atomic E-state index is 0.0386. The molecule has 17 heavy (non-hydrogen) atoms. The van der Waals surface area contributed by atoms with Gasteiger partial charge in [0.05, 0.1) is 23.7 Å². The lowest BCUT2D eigenvalue weighted by Gasteiger charge is -2.31. The maximum Gasteiger partial charge on any atom is 0.155 e. The van der Waals surface area contributed by atoms with Crippen LogP contribution in [0.15, 0.2) is 30.3 Å². The summed E-state index contributed by atoms with van der Waals surface area (Å²) in [6.07, 6.45) is -0.792. The molecule has 0 amide bonds. The fourth-order valence-corrected chi connectivity index (χ4v) is 4.14. The first kappa shape index (κ1) is 12.4. The zero-order valence-electron chi connectivity index (χ0n) is 9.78. The van der Waals surface area contributed by atoms with E-state index in [1.165, 1.54) is 0 Å². The van der Waals surface area contributed by atoms with Gasteiger partial charge in [-0.05, 0) is 19.1 Å². The molecule has 2 rings (SSSR count). The Balaban J connectivity index is 2.26. The van der Waals surface area contributed by atoms with Crippen LogP contribution in [0.2, 0.25) is 0 Å². The number of aliphatic hydroxyl groups is 1. The van der Waals surface area contributed by atoms with Gasteiger partial charge in [0.1, 0.15) is 0 Å². The predicted octanol–water partition coefficient (Wildman–Crippen LogP) is 0.671. The van der Waals surface area contributed by atoms with Gasteiger partial charge in [-0.1, -0.05) is 18.2 Å². The zero-order chi connectivity index (χ0) is 12.5. The molecular formula is C12H17NO3S. The molecule has 0 saturated carbocycles. The number of sulfone groups is 1. The Morgan fingerprint density at radius 1 is 1.29 bits per heavy atom. The van der Waals surface area contributed by atoms with Crippen molar-refractivity contribution in [2.45, 2.75) is 19.1 Å². The summed E-state index contributed by atoms with van der Waals surface area (Å²) in [6, 6.07) is 9.27. The number of hydrogen-bond donors (Lipinski definition) is 1. The Hall–Kier alpha value is -1.07. The molecule has 1 saturated heterocycles. The Labute approximate surface area is 102 Å². The van der Waals surface area contributed by atoms with Crippen molar-refractivity contribution in [2.75, 3.05) is 23.0 Å². The van der Waals surface area contributed by atoms with Crippen molar-refractivity contribution in [3.8, 4) is 0 Å². The van der Waals surface area contributed by atoms with Gasteiger partial charge in [-0.2, -0.15) is 0 Å². The molecule has 4 nitrogen and oxygen atoms in total. The minimum atomic E-state index is -3.10. The van der Waals surface area contributed by atoms with Crippen molar-refractivity contribution in [3.05, 3.63) is 30.3 Å². The normalized spacial score (nSPS) is 26.9. The third-order valence-corrected chi connectivity index (χ3v) is 4.82. The van der Waals surface area contributed by atoms with Crippen molar-refractivity contribution in [1.29, 1.82) is 0 Å². The van der Waals surface area contributed by atoms with Gasteiger partial charge in [-0.25, -0.2) is 8.42 Å². The number of aliphatic hydroxyl groups excluding tert-OH is 1. The van der Waals surface area contributed by atoms with Gasteiger partial charge < -0.3 is 10.0 Å². The number of rotatable bonds is 3. The highest BCUT2D eigenvalue weighted by atomic mass is 32.2. The van der Waals surface area contributed by atoms with E-state index in [4.69, 9.17) is 0 Å². The van der Waals surface area contributed by atoms with E-state index in [0.29, 0.717) is 6.54 Å². The number of likely N-dealkylation sites (N-methyl/N-ethyl adjacent to an activating group) is 1. The molecule has 0 bridgehead atoms. The third-order valence-electron chi connectivity index (χ3n) is 3.12. The van der Waals surface area contributed by atoms with Crippen LogP contribution in [-0.2, 0) is 9.84 Å². The molecule has 94 valence electrons. The third kappa shape index (κ3) is 2.61. The van der Waals surface area contributed by atoms with Crippen molar-refractivity contribution < 1.29 is 13.5 Å². The molecule has 2 unspecified atom stereocenters. The summed E-state index contributed by atoms with van der Waals surface area (Å²) in [5.74, 6) is -0.0854. The largest absolute Gasteiger partial charge is 0.390 e. The van der Waals surface area contributed by atoms with Crippen LogP contribution >= 0.6 is 0 Å². The lowest BCUT2D eigenvalue weighted by molar-refractivity contribution is 0.179. The van der Waals surface area contributed by atoms with Crippen LogP contribution in [0.25, 0.3) is 0 Å². The van der Waals surface area contributed by atoms with Crippen molar-refractivity contribution in [2.24, 2.45) is 0 Å². The molecule has 1 N–H and O–H groups in total. The summed E-state index contributed by atoms with van der Waals surface area (Å²) in [5.41, 5.74) is 0.955. The van der Waals surface area contributed by atoms with Crippen LogP contribution in [0.5, 0.6) is 0 Å². The number of para-hydroxylation sites is 1. The molecule has 2 atom stereocenters. The molecule has 0 aliphatic carbocycles. The van der Waals surface area contributed by atoms with Gasteiger partial charge in [-0.3, -0.25) is 0 Å². The predicted molar refractivity (Wildman–Crippen MR) is 67.9 cm³/mol. The smallest absolute Gasteiger partial charge is 0.155 e. The molecule has 1 aliphatic heterocycles. The standard InChI is InChI=1S/C12H17NO3S/c1-2-13(10-6-4-3-5-7-10)11-8-17(15,16)9-12(11)14/h3-7,11-12,14H,2,8-9H2,1H3. The number of benzene rings is 1. The summed E-state index contributed by atoms with van der Waals surface area (Å²) >= 11 is 0. The van der Waals surface area contributed by atoms with Gasteiger partial charge in [-0.15, -0.1) is 0 Å². The average molecular weight is 255 g/mol. The van der Waals surface area contributed by atoms with Crippen molar-refractivity contribution >= 4 is 15.5 Å². The van der Waals surface area contributed by atoms with Crippen LogP contribution in [0.1, 0.15) is 6.92 Å². The van der Waals surface area contributed by atoms with E-state index >= 15 is 0 Å². The Morgan fingerprint density at radius 2 is 1.94 bits per heavy atom. The highest BCUT2D eigenvalue weighted by Gasteiger charge is 2.39. The van der Waals surface area contributed by atoms with E-state index in [9.17, 15) is 13.5 Å². The Kier molecular flexibility index (Phi) is 3.40. The van der Waals surface area contributed by atoms with Gasteiger partial charge >= 0.3 is 0 Å². The summed E-state index contributed by atoms with van der Waals surface area (Å²) < 4.78 is 23.0. The topological polar surface area (TPSA) is 57.6 Å². The second-order valence-corrected chi connectivity index (χ2v) is 6.49. The molecule has 0 spiro atoms. The Morgan fingerprint density at radius 3 is 2.41 bits per heavy atom. The quantitative estimate of drug-likeness (QED) is 0.862. The number of nitrogens with zero attached hydrogens (tertiary/aromatic N) is 1. The van der Waals surface area contributed by atoms with Crippen LogP contribution < -0.4 is 4.90 Å². The second kappa shape index (κ2) is 4.66. The maximum absolute atomic E-state index is 11.5. The van der Waals surface area contributed by atoms with Crippen LogP contribution in [0.3, 0.4) is 0 Å². The lowest BCUT2D eigenvalue weighted by Crippen LogP contribution is -2.43. The summed E-state index contributed by atoms with van der Waals surface area (Å²) in [4.78, 5) is 1.95. The first-order valence-corrected chi connectivity index (χ1v) is 7.56. The van der Waals surface area contributed by atoms with Gasteiger partial charge in [0.2, 0.25) is 0 Å². The van der Waals surface area contributed by atoms with Gasteiger partial charge in [0.15, 0.2) is 9.84 Å². The van der Waals surface area contributed by atoms with Crippen molar-refractivity contribution in [1.82, 2.24) is 0 Å². The molecule has 0 radical (unpaired) electrons. The fourth-order valence-electron chi connectivity index (χ4n) is 2.34. The first-order valence-electron chi connectivity index (χ1n) is 5.73. The maximum atomic E-state index is 11.5. The molecule has 1 heterocycles. The first-order chi connectivity index (χ1) is 8.03. The monoisotopic (exact) mass is 255 g/mol. The van der Waals surface area contributed by atoms with Crippen LogP contribution in [0, 0.1) is 0 Å². The summed E-state index contributed by atoms with van der Waals surface area (Å²) in [6.45, 7) is 2.64. The average Bonchev–Trinajstić information content (AvgIpc) is 2.55. The molecule has 0 aromatic heterocycles. The summed E-state index contributed by atoms with van der Waals surface area (Å²) in [5, 5.41) is 9.87. The molecule has 1 aromatic carbocycles. The van der Waals surface area contributed by atoms with E-state index in [2.05, 4.69) is 0 Å². The van der Waals surface area contributed by atoms with E-state index < -0.39 is 15.9 Å². The summed E-state index contributed by atoms with van der Waals surface area (Å²) in [7, 11) is -3.10. The number of hydrogen-bond acceptors (Lipinski definition) is 4. The molecule has 5 heteroatoms. The molecule has 1 aromatic rings. The van der Waals surface area contributed by atoms with Crippen molar-refractivity contribution in [3.63, 3.8) is 0 Å². The van der Waals surface area contributed by atoms with Gasteiger partial charge in [0.25, 0.3) is 0 Å². The minimum Gasteiger partial charge on any atom is -0.390 e.